The molecule has 2 aliphatic heterocycles. The fraction of sp³-hybridized carbons (Fsp3) is 0.269. The highest BCUT2D eigenvalue weighted by atomic mass is 35.5. The van der Waals surface area contributed by atoms with Crippen LogP contribution in [0.1, 0.15) is 22.0 Å². The first-order valence-electron chi connectivity index (χ1n) is 11.1. The van der Waals surface area contributed by atoms with E-state index >= 15 is 0 Å². The summed E-state index contributed by atoms with van der Waals surface area (Å²) < 4.78 is 10.0. The van der Waals surface area contributed by atoms with Gasteiger partial charge < -0.3 is 30.1 Å². The van der Waals surface area contributed by atoms with E-state index in [9.17, 15) is 9.90 Å². The third kappa shape index (κ3) is 5.62. The fourth-order valence-corrected chi connectivity index (χ4v) is 4.19. The van der Waals surface area contributed by atoms with Crippen LogP contribution in [0.5, 0.6) is 5.75 Å². The lowest BCUT2D eigenvalue weighted by molar-refractivity contribution is 0.112. The van der Waals surface area contributed by atoms with Crippen LogP contribution in [0.25, 0.3) is 0 Å². The number of benzene rings is 3. The molecule has 2 heterocycles. The number of para-hydroxylation sites is 1. The minimum Gasteiger partial charge on any atom is -0.497 e. The molecule has 0 spiro atoms. The summed E-state index contributed by atoms with van der Waals surface area (Å²) in [6.45, 7) is 3.63. The Morgan fingerprint density at radius 3 is 2.26 bits per heavy atom. The van der Waals surface area contributed by atoms with Crippen LogP contribution in [0, 0.1) is 0 Å². The van der Waals surface area contributed by atoms with Gasteiger partial charge >= 0.3 is 0 Å². The van der Waals surface area contributed by atoms with Gasteiger partial charge in [0.2, 0.25) is 0 Å². The summed E-state index contributed by atoms with van der Waals surface area (Å²) in [5.74, 6) is 0.769. The zero-order valence-electron chi connectivity index (χ0n) is 18.9. The number of anilines is 3. The quantitative estimate of drug-likeness (QED) is 0.321. The number of methoxy groups -OCH3 is 1. The third-order valence-electron chi connectivity index (χ3n) is 5.94. The molecule has 0 aliphatic carbocycles. The van der Waals surface area contributed by atoms with Gasteiger partial charge in [0.25, 0.3) is 0 Å². The normalized spacial score (nSPS) is 19.1. The predicted molar refractivity (Wildman–Crippen MR) is 135 cm³/mol. The number of halogens is 1. The molecule has 178 valence electrons. The van der Waals surface area contributed by atoms with Crippen molar-refractivity contribution in [2.24, 2.45) is 0 Å². The summed E-state index contributed by atoms with van der Waals surface area (Å²) in [5.41, 5.74) is 10.4. The van der Waals surface area contributed by atoms with Crippen molar-refractivity contribution in [2.45, 2.75) is 12.4 Å². The minimum absolute atomic E-state index is 0.283. The van der Waals surface area contributed by atoms with Crippen LogP contribution >= 0.6 is 11.6 Å². The Labute approximate surface area is 204 Å². The van der Waals surface area contributed by atoms with Crippen LogP contribution in [0.2, 0.25) is 5.02 Å². The molecule has 7 nitrogen and oxygen atoms in total. The SMILES string of the molecule is COc1ccc(C=O)cc1.Nc1ccc(N2CCN(c3ccccc3Cl)CC2)cc1C1OC1O. The maximum atomic E-state index is 10.2. The van der Waals surface area contributed by atoms with Gasteiger partial charge in [0.15, 0.2) is 6.29 Å². The lowest BCUT2D eigenvalue weighted by atomic mass is 10.1. The lowest BCUT2D eigenvalue weighted by Crippen LogP contribution is -2.46. The molecule has 0 bridgehead atoms. The molecule has 34 heavy (non-hydrogen) atoms. The second kappa shape index (κ2) is 10.8. The smallest absolute Gasteiger partial charge is 0.186 e. The fourth-order valence-electron chi connectivity index (χ4n) is 3.93. The maximum absolute atomic E-state index is 10.2. The number of piperazine rings is 1. The van der Waals surface area contributed by atoms with E-state index in [0.717, 1.165) is 60.2 Å². The van der Waals surface area contributed by atoms with Crippen LogP contribution in [0.3, 0.4) is 0 Å². The summed E-state index contributed by atoms with van der Waals surface area (Å²) >= 11 is 6.30. The molecule has 2 fully saturated rings. The van der Waals surface area contributed by atoms with Crippen molar-refractivity contribution in [1.29, 1.82) is 0 Å². The third-order valence-corrected chi connectivity index (χ3v) is 6.25. The van der Waals surface area contributed by atoms with Gasteiger partial charge in [-0.05, 0) is 54.6 Å². The molecular formula is C26H28ClN3O4. The summed E-state index contributed by atoms with van der Waals surface area (Å²) in [7, 11) is 1.59. The number of epoxide rings is 1. The second-order valence-corrected chi connectivity index (χ2v) is 8.48. The van der Waals surface area contributed by atoms with E-state index in [1.54, 1.807) is 31.4 Å². The number of rotatable bonds is 5. The molecule has 2 aliphatic rings. The first-order chi connectivity index (χ1) is 16.5. The topological polar surface area (TPSA) is 91.6 Å². The second-order valence-electron chi connectivity index (χ2n) is 8.08. The van der Waals surface area contributed by atoms with Crippen molar-refractivity contribution in [3.63, 3.8) is 0 Å². The monoisotopic (exact) mass is 481 g/mol. The summed E-state index contributed by atoms with van der Waals surface area (Å²) in [4.78, 5) is 14.8. The van der Waals surface area contributed by atoms with Gasteiger partial charge in [0, 0.05) is 48.7 Å². The molecule has 0 radical (unpaired) electrons. The van der Waals surface area contributed by atoms with Crippen molar-refractivity contribution in [2.75, 3.05) is 48.8 Å². The highest BCUT2D eigenvalue weighted by molar-refractivity contribution is 6.33. The number of aldehydes is 1. The molecule has 8 heteroatoms. The number of aliphatic hydroxyl groups excluding tert-OH is 1. The minimum atomic E-state index is -0.723. The molecule has 0 amide bonds. The Kier molecular flexibility index (Phi) is 7.57. The highest BCUT2D eigenvalue weighted by Gasteiger charge is 2.40. The Bertz CT molecular complexity index is 1120. The average molecular weight is 482 g/mol. The molecule has 2 unspecified atom stereocenters. The first-order valence-corrected chi connectivity index (χ1v) is 11.4. The van der Waals surface area contributed by atoms with E-state index in [1.807, 2.05) is 36.4 Å². The Balaban J connectivity index is 0.000000231. The lowest BCUT2D eigenvalue weighted by Gasteiger charge is -2.38. The van der Waals surface area contributed by atoms with Gasteiger partial charge in [-0.1, -0.05) is 23.7 Å². The number of aliphatic hydroxyl groups is 1. The maximum Gasteiger partial charge on any atom is 0.186 e. The number of hydrogen-bond acceptors (Lipinski definition) is 7. The Morgan fingerprint density at radius 2 is 1.68 bits per heavy atom. The molecule has 0 aromatic heterocycles. The van der Waals surface area contributed by atoms with Crippen molar-refractivity contribution >= 4 is 34.9 Å². The van der Waals surface area contributed by atoms with Gasteiger partial charge in [-0.15, -0.1) is 0 Å². The molecule has 3 aromatic rings. The van der Waals surface area contributed by atoms with Crippen LogP contribution in [-0.4, -0.2) is 51.0 Å². The van der Waals surface area contributed by atoms with E-state index in [0.29, 0.717) is 11.3 Å². The van der Waals surface area contributed by atoms with E-state index in [4.69, 9.17) is 26.8 Å². The van der Waals surface area contributed by atoms with Gasteiger partial charge in [0.1, 0.15) is 18.1 Å². The summed E-state index contributed by atoms with van der Waals surface area (Å²) in [6.07, 6.45) is -0.201. The molecule has 2 saturated heterocycles. The number of nitrogens with zero attached hydrogens (tertiary/aromatic N) is 2. The van der Waals surface area contributed by atoms with Gasteiger partial charge in [-0.2, -0.15) is 0 Å². The van der Waals surface area contributed by atoms with E-state index in [2.05, 4.69) is 15.9 Å². The van der Waals surface area contributed by atoms with Crippen molar-refractivity contribution in [3.8, 4) is 5.75 Å². The van der Waals surface area contributed by atoms with Crippen molar-refractivity contribution < 1.29 is 19.4 Å². The number of carbonyl (C=O) groups excluding carboxylic acids is 1. The van der Waals surface area contributed by atoms with Crippen molar-refractivity contribution in [3.05, 3.63) is 82.9 Å². The van der Waals surface area contributed by atoms with Crippen LogP contribution in [0.4, 0.5) is 17.1 Å². The number of carbonyl (C=O) groups is 1. The molecule has 3 aromatic carbocycles. The largest absolute Gasteiger partial charge is 0.497 e. The Hall–Kier alpha value is -3.26. The molecule has 3 N–H and O–H groups in total. The summed E-state index contributed by atoms with van der Waals surface area (Å²) in [6, 6.07) is 20.8. The number of ether oxygens (including phenoxy) is 2. The van der Waals surface area contributed by atoms with Crippen LogP contribution in [0.15, 0.2) is 66.7 Å². The highest BCUT2D eigenvalue weighted by Crippen LogP contribution is 2.41. The molecule has 0 saturated carbocycles. The first kappa shape index (κ1) is 23.9. The standard InChI is InChI=1S/C18H20ClN3O2.C8H8O2/c19-14-3-1-2-4-16(14)22-9-7-21(8-10-22)12-5-6-15(20)13(11-12)17-18(23)24-17;1-10-8-4-2-7(6-9)3-5-8/h1-6,11,17-18,23H,7-10,20H2;2-6H,1H3. The zero-order chi connectivity index (χ0) is 24.1. The van der Waals surface area contributed by atoms with Crippen LogP contribution < -0.4 is 20.3 Å². The Morgan fingerprint density at radius 1 is 1.03 bits per heavy atom. The van der Waals surface area contributed by atoms with E-state index in [-0.39, 0.29) is 6.10 Å². The average Bonchev–Trinajstić information content (AvgIpc) is 3.61. The van der Waals surface area contributed by atoms with E-state index in [1.165, 1.54) is 0 Å². The molecule has 5 rings (SSSR count). The summed E-state index contributed by atoms with van der Waals surface area (Å²) in [5, 5.41) is 10.3. The molecule has 2 atom stereocenters. The molecular weight excluding hydrogens is 454 g/mol. The predicted octanol–water partition coefficient (Wildman–Crippen LogP) is 4.15. The number of nitrogen functional groups attached to an aromatic ring is 1. The van der Waals surface area contributed by atoms with Crippen LogP contribution in [-0.2, 0) is 4.74 Å². The zero-order valence-corrected chi connectivity index (χ0v) is 19.7. The van der Waals surface area contributed by atoms with Gasteiger partial charge in [-0.3, -0.25) is 4.79 Å². The van der Waals surface area contributed by atoms with Gasteiger partial charge in [-0.25, -0.2) is 0 Å². The van der Waals surface area contributed by atoms with Crippen molar-refractivity contribution in [1.82, 2.24) is 0 Å². The van der Waals surface area contributed by atoms with E-state index < -0.39 is 6.29 Å². The number of nitrogens with two attached hydrogens (primary N) is 1. The van der Waals surface area contributed by atoms with Gasteiger partial charge in [0.05, 0.1) is 17.8 Å². The number of hydrogen-bond donors (Lipinski definition) is 2.